The molecular weight excluding hydrogens is 417 g/mol. The van der Waals surface area contributed by atoms with Crippen LogP contribution < -0.4 is 10.2 Å². The Morgan fingerprint density at radius 1 is 1.38 bits per heavy atom. The molecule has 2 unspecified atom stereocenters. The van der Waals surface area contributed by atoms with Crippen LogP contribution in [0.15, 0.2) is 40.9 Å². The van der Waals surface area contributed by atoms with Crippen molar-refractivity contribution < 1.29 is 18.8 Å². The number of nitrogens with one attached hydrogen (secondary N) is 1. The molecule has 7 nitrogen and oxygen atoms in total. The van der Waals surface area contributed by atoms with Gasteiger partial charge in [-0.1, -0.05) is 46.6 Å². The van der Waals surface area contributed by atoms with Gasteiger partial charge in [0.25, 0.3) is 0 Å². The highest BCUT2D eigenvalue weighted by atomic mass is 35.5. The summed E-state index contributed by atoms with van der Waals surface area (Å²) in [4.78, 5) is 27.7. The van der Waals surface area contributed by atoms with Gasteiger partial charge in [-0.15, -0.1) is 0 Å². The summed E-state index contributed by atoms with van der Waals surface area (Å²) < 4.78 is 11.2. The number of benzene rings is 1. The number of aromatic nitrogens is 1. The minimum atomic E-state index is -0.811. The second-order valence-electron chi connectivity index (χ2n) is 7.57. The number of ether oxygens (including phenoxy) is 1. The highest BCUT2D eigenvalue weighted by Gasteiger charge is 2.67. The van der Waals surface area contributed by atoms with E-state index in [1.165, 1.54) is 4.90 Å². The summed E-state index contributed by atoms with van der Waals surface area (Å²) in [5.74, 6) is -0.605. The number of hydrogen-bond donors (Lipinski definition) is 1. The van der Waals surface area contributed by atoms with E-state index >= 15 is 0 Å². The molecule has 29 heavy (non-hydrogen) atoms. The fraction of sp³-hybridized carbons (Fsp3) is 0.350. The number of carbonyl (C=O) groups excluding carboxylic acids is 2. The number of rotatable bonds is 4. The quantitative estimate of drug-likeness (QED) is 0.749. The highest BCUT2D eigenvalue weighted by molar-refractivity contribution is 6.35. The smallest absolute Gasteiger partial charge is 0.235 e. The molecule has 0 aliphatic carbocycles. The van der Waals surface area contributed by atoms with Gasteiger partial charge in [-0.2, -0.15) is 0 Å². The fourth-order valence-electron chi connectivity index (χ4n) is 4.44. The Hall–Kier alpha value is -2.35. The van der Waals surface area contributed by atoms with E-state index in [-0.39, 0.29) is 18.4 Å². The Kier molecular flexibility index (Phi) is 4.24. The Balaban J connectivity index is 1.36. The lowest BCUT2D eigenvalue weighted by Crippen LogP contribution is -2.44. The minimum absolute atomic E-state index is 0.185. The van der Waals surface area contributed by atoms with E-state index in [9.17, 15) is 9.59 Å². The molecule has 0 saturated carbocycles. The van der Waals surface area contributed by atoms with E-state index in [1.54, 1.807) is 31.2 Å². The molecule has 2 saturated heterocycles. The lowest BCUT2D eigenvalue weighted by atomic mass is 9.77. The molecule has 4 atom stereocenters. The van der Waals surface area contributed by atoms with Gasteiger partial charge in [-0.3, -0.25) is 14.5 Å². The molecule has 150 valence electrons. The lowest BCUT2D eigenvalue weighted by Gasteiger charge is -2.23. The highest BCUT2D eigenvalue weighted by Crippen LogP contribution is 2.52. The largest absolute Gasteiger partial charge is 0.360 e. The zero-order chi connectivity index (χ0) is 20.3. The van der Waals surface area contributed by atoms with Gasteiger partial charge in [0.15, 0.2) is 5.82 Å². The first-order chi connectivity index (χ1) is 13.9. The van der Waals surface area contributed by atoms with E-state index in [4.69, 9.17) is 32.5 Å². The summed E-state index contributed by atoms with van der Waals surface area (Å²) in [6.45, 7) is 2.31. The SMILES string of the molecule is Cc1cc(N2C[C@@]34C=C[C@@H](O3)C(C(=O)NCc3ccc(Cl)cc3Cl)C4C2=O)no1. The molecule has 3 aliphatic heterocycles. The van der Waals surface area contributed by atoms with Crippen molar-refractivity contribution in [3.63, 3.8) is 0 Å². The Morgan fingerprint density at radius 3 is 2.93 bits per heavy atom. The maximum Gasteiger partial charge on any atom is 0.235 e. The van der Waals surface area contributed by atoms with E-state index in [0.717, 1.165) is 5.56 Å². The summed E-state index contributed by atoms with van der Waals surface area (Å²) in [5, 5.41) is 7.83. The first kappa shape index (κ1) is 18.7. The van der Waals surface area contributed by atoms with Crippen LogP contribution in [0.5, 0.6) is 0 Å². The standard InChI is InChI=1S/C20H17Cl2N3O4/c1-10-6-15(24-29-10)25-9-20-5-4-14(28-20)16(17(20)19(25)27)18(26)23-8-11-2-3-12(21)7-13(11)22/h2-7,14,16-17H,8-9H2,1H3,(H,23,26)/t14-,16?,17?,20-/m1/s1. The van der Waals surface area contributed by atoms with E-state index < -0.39 is 23.5 Å². The van der Waals surface area contributed by atoms with Crippen molar-refractivity contribution in [1.82, 2.24) is 10.5 Å². The third kappa shape index (κ3) is 2.87. The maximum atomic E-state index is 13.2. The van der Waals surface area contributed by atoms with Gasteiger partial charge >= 0.3 is 0 Å². The van der Waals surface area contributed by atoms with Crippen molar-refractivity contribution in [2.24, 2.45) is 11.8 Å². The normalized spacial score (nSPS) is 29.6. The van der Waals surface area contributed by atoms with Gasteiger partial charge in [-0.25, -0.2) is 0 Å². The number of anilines is 1. The molecule has 3 aliphatic rings. The van der Waals surface area contributed by atoms with E-state index in [0.29, 0.717) is 28.2 Å². The van der Waals surface area contributed by atoms with Crippen LogP contribution in [0.1, 0.15) is 11.3 Å². The maximum absolute atomic E-state index is 13.2. The first-order valence-corrected chi connectivity index (χ1v) is 9.97. The molecule has 1 aromatic heterocycles. The van der Waals surface area contributed by atoms with Crippen LogP contribution in [-0.4, -0.2) is 35.2 Å². The van der Waals surface area contributed by atoms with Crippen molar-refractivity contribution in [2.45, 2.75) is 25.2 Å². The van der Waals surface area contributed by atoms with Crippen LogP contribution in [0.2, 0.25) is 10.0 Å². The van der Waals surface area contributed by atoms with Crippen molar-refractivity contribution >= 4 is 40.8 Å². The third-order valence-electron chi connectivity index (χ3n) is 5.76. The number of nitrogens with zero attached hydrogens (tertiary/aromatic N) is 2. The van der Waals surface area contributed by atoms with Gasteiger partial charge in [0, 0.05) is 22.7 Å². The monoisotopic (exact) mass is 433 g/mol. The number of amides is 2. The molecule has 2 amide bonds. The molecule has 2 aromatic rings. The van der Waals surface area contributed by atoms with Crippen molar-refractivity contribution in [1.29, 1.82) is 0 Å². The van der Waals surface area contributed by atoms with Crippen LogP contribution >= 0.6 is 23.2 Å². The number of hydrogen-bond acceptors (Lipinski definition) is 5. The topological polar surface area (TPSA) is 84.7 Å². The van der Waals surface area contributed by atoms with E-state index in [2.05, 4.69) is 10.5 Å². The second-order valence-corrected chi connectivity index (χ2v) is 8.42. The van der Waals surface area contributed by atoms with Crippen LogP contribution in [0.3, 0.4) is 0 Å². The Morgan fingerprint density at radius 2 is 2.21 bits per heavy atom. The van der Waals surface area contributed by atoms with E-state index in [1.807, 2.05) is 12.2 Å². The number of halogens is 2. The number of aryl methyl sites for hydroxylation is 1. The molecule has 1 N–H and O–H groups in total. The molecule has 9 heteroatoms. The fourth-order valence-corrected chi connectivity index (χ4v) is 4.91. The second kappa shape index (κ2) is 6.58. The first-order valence-electron chi connectivity index (χ1n) is 9.21. The Bertz CT molecular complexity index is 1050. The molecular formula is C20H17Cl2N3O4. The van der Waals surface area contributed by atoms with Gasteiger partial charge in [0.05, 0.1) is 24.5 Å². The minimum Gasteiger partial charge on any atom is -0.360 e. The summed E-state index contributed by atoms with van der Waals surface area (Å²) in [6.07, 6.45) is 3.33. The summed E-state index contributed by atoms with van der Waals surface area (Å²) in [7, 11) is 0. The third-order valence-corrected chi connectivity index (χ3v) is 6.35. The zero-order valence-electron chi connectivity index (χ0n) is 15.4. The van der Waals surface area contributed by atoms with Gasteiger partial charge in [0.2, 0.25) is 11.8 Å². The van der Waals surface area contributed by atoms with Crippen molar-refractivity contribution in [3.8, 4) is 0 Å². The summed E-state index contributed by atoms with van der Waals surface area (Å²) in [5.41, 5.74) is -0.0645. The predicted molar refractivity (Wildman–Crippen MR) is 106 cm³/mol. The lowest BCUT2D eigenvalue weighted by molar-refractivity contribution is -0.132. The average Bonchev–Trinajstić information content (AvgIpc) is 3.42. The molecule has 1 aromatic carbocycles. The molecule has 0 radical (unpaired) electrons. The average molecular weight is 434 g/mol. The molecule has 5 rings (SSSR count). The Labute approximate surface area is 176 Å². The number of carbonyl (C=O) groups is 2. The van der Waals surface area contributed by atoms with Crippen LogP contribution in [-0.2, 0) is 20.9 Å². The van der Waals surface area contributed by atoms with Crippen LogP contribution in [0, 0.1) is 18.8 Å². The molecule has 4 heterocycles. The van der Waals surface area contributed by atoms with Crippen LogP contribution in [0.25, 0.3) is 0 Å². The number of fused-ring (bicyclic) bond motifs is 1. The molecule has 2 bridgehead atoms. The zero-order valence-corrected chi connectivity index (χ0v) is 16.9. The summed E-state index contributed by atoms with van der Waals surface area (Å²) >= 11 is 12.1. The molecule has 2 fully saturated rings. The van der Waals surface area contributed by atoms with Crippen molar-refractivity contribution in [2.75, 3.05) is 11.4 Å². The van der Waals surface area contributed by atoms with Crippen LogP contribution in [0.4, 0.5) is 5.82 Å². The van der Waals surface area contributed by atoms with Gasteiger partial charge in [-0.05, 0) is 24.6 Å². The van der Waals surface area contributed by atoms with Crippen molar-refractivity contribution in [3.05, 3.63) is 57.8 Å². The van der Waals surface area contributed by atoms with Gasteiger partial charge in [0.1, 0.15) is 11.4 Å². The summed E-state index contributed by atoms with van der Waals surface area (Å²) in [6, 6.07) is 6.80. The predicted octanol–water partition coefficient (Wildman–Crippen LogP) is 2.89. The van der Waals surface area contributed by atoms with Gasteiger partial charge < -0.3 is 14.6 Å². The molecule has 1 spiro atoms.